The van der Waals surface area contributed by atoms with Gasteiger partial charge in [-0.3, -0.25) is 4.79 Å². The molecule has 1 heterocycles. The van der Waals surface area contributed by atoms with Crippen LogP contribution < -0.4 is 0 Å². The van der Waals surface area contributed by atoms with E-state index >= 15 is 0 Å². The van der Waals surface area contributed by atoms with E-state index in [1.165, 1.54) is 122 Å². The second-order valence-corrected chi connectivity index (χ2v) is 13.7. The van der Waals surface area contributed by atoms with Crippen LogP contribution in [-0.2, 0) is 4.79 Å². The van der Waals surface area contributed by atoms with Gasteiger partial charge < -0.3 is 4.90 Å². The first-order chi connectivity index (χ1) is 17.2. The Hall–Kier alpha value is 0.190. The molecule has 1 fully saturated rings. The predicted molar refractivity (Wildman–Crippen MR) is 163 cm³/mol. The molecule has 1 saturated heterocycles. The molecule has 2 nitrogen and oxygen atoms in total. The Labute approximate surface area is 227 Å². The molecule has 0 radical (unpaired) electrons. The van der Waals surface area contributed by atoms with Gasteiger partial charge in [0.15, 0.2) is 0 Å². The minimum absolute atomic E-state index is 0.0846. The van der Waals surface area contributed by atoms with Crippen LogP contribution >= 0.6 is 19.5 Å². The van der Waals surface area contributed by atoms with Crippen molar-refractivity contribution in [2.45, 2.75) is 156 Å². The highest BCUT2D eigenvalue weighted by molar-refractivity contribution is 7.57. The third-order valence-electron chi connectivity index (χ3n) is 7.31. The second kappa shape index (κ2) is 28.8. The molecule has 4 heteroatoms. The van der Waals surface area contributed by atoms with Crippen molar-refractivity contribution in [3.63, 3.8) is 0 Å². The van der Waals surface area contributed by atoms with E-state index < -0.39 is 0 Å². The Morgan fingerprint density at radius 3 is 1.26 bits per heavy atom. The number of hydrogen-bond donors (Lipinski definition) is 0. The molecule has 0 bridgehead atoms. The number of piperidine rings is 1. The fourth-order valence-electron chi connectivity index (χ4n) is 4.91. The summed E-state index contributed by atoms with van der Waals surface area (Å²) in [6, 6.07) is 0. The third-order valence-corrected chi connectivity index (χ3v) is 10.4. The van der Waals surface area contributed by atoms with E-state index in [2.05, 4.69) is 20.8 Å². The SMILES string of the molecule is CCCCCCCCP(CCCCCCCC)CCCCCCCC.O=C(CCl)N1CCCCC1. The number of amides is 1. The Morgan fingerprint density at radius 2 is 0.914 bits per heavy atom. The molecule has 1 rings (SSSR count). The van der Waals surface area contributed by atoms with Gasteiger partial charge in [-0.25, -0.2) is 0 Å². The Kier molecular flexibility index (Phi) is 28.9. The molecule has 1 aliphatic rings. The van der Waals surface area contributed by atoms with Crippen molar-refractivity contribution in [3.8, 4) is 0 Å². The zero-order valence-corrected chi connectivity index (χ0v) is 25.9. The van der Waals surface area contributed by atoms with Gasteiger partial charge in [0.1, 0.15) is 5.88 Å². The summed E-state index contributed by atoms with van der Waals surface area (Å²) in [5.74, 6) is 0.223. The van der Waals surface area contributed by atoms with Crippen LogP contribution in [-0.4, -0.2) is 48.3 Å². The van der Waals surface area contributed by atoms with Gasteiger partial charge in [-0.2, -0.15) is 0 Å². The number of carbonyl (C=O) groups is 1. The van der Waals surface area contributed by atoms with Crippen molar-refractivity contribution < 1.29 is 4.79 Å². The van der Waals surface area contributed by atoms with E-state index in [1.807, 2.05) is 4.90 Å². The van der Waals surface area contributed by atoms with Gasteiger partial charge in [-0.05, 0) is 57.0 Å². The summed E-state index contributed by atoms with van der Waals surface area (Å²) in [7, 11) is 0.366. The standard InChI is InChI=1S/C24H51P.C7H12ClNO/c1-4-7-10-13-16-19-22-25(23-20-17-14-11-8-5-2)24-21-18-15-12-9-6-3;8-6-7(10)9-4-2-1-3-5-9/h4-24H2,1-3H3;1-6H2. The lowest BCUT2D eigenvalue weighted by molar-refractivity contribution is -0.129. The quantitative estimate of drug-likeness (QED) is 0.0772. The number of nitrogens with zero attached hydrogens (tertiary/aromatic N) is 1. The third kappa shape index (κ3) is 24.3. The summed E-state index contributed by atoms with van der Waals surface area (Å²) in [6.45, 7) is 8.78. The van der Waals surface area contributed by atoms with E-state index in [4.69, 9.17) is 11.6 Å². The van der Waals surface area contributed by atoms with Gasteiger partial charge in [0.25, 0.3) is 0 Å². The summed E-state index contributed by atoms with van der Waals surface area (Å²) in [5.41, 5.74) is 0. The van der Waals surface area contributed by atoms with Gasteiger partial charge in [0.2, 0.25) is 5.91 Å². The van der Waals surface area contributed by atoms with Crippen LogP contribution in [0, 0.1) is 0 Å². The molecule has 0 aromatic heterocycles. The highest BCUT2D eigenvalue weighted by Crippen LogP contribution is 2.39. The Bertz CT molecular complexity index is 390. The topological polar surface area (TPSA) is 20.3 Å². The fourth-order valence-corrected chi connectivity index (χ4v) is 7.76. The molecule has 0 N–H and O–H groups in total. The maximum absolute atomic E-state index is 11.0. The van der Waals surface area contributed by atoms with Crippen LogP contribution in [0.25, 0.3) is 0 Å². The molecule has 0 unspecified atom stereocenters. The van der Waals surface area contributed by atoms with Gasteiger partial charge in [-0.1, -0.05) is 117 Å². The number of likely N-dealkylation sites (tertiary alicyclic amines) is 1. The zero-order chi connectivity index (χ0) is 25.8. The van der Waals surface area contributed by atoms with Crippen LogP contribution in [0.4, 0.5) is 0 Å². The normalized spacial score (nSPS) is 13.7. The smallest absolute Gasteiger partial charge is 0.237 e. The summed E-state index contributed by atoms with van der Waals surface area (Å²) in [5, 5.41) is 0. The number of halogens is 1. The first kappa shape index (κ1) is 35.2. The largest absolute Gasteiger partial charge is 0.342 e. The molecular formula is C31H63ClNOP. The summed E-state index contributed by atoms with van der Waals surface area (Å²) < 4.78 is 0. The molecule has 35 heavy (non-hydrogen) atoms. The van der Waals surface area contributed by atoms with Gasteiger partial charge in [0, 0.05) is 13.1 Å². The summed E-state index contributed by atoms with van der Waals surface area (Å²) in [6.07, 6.45) is 34.8. The summed E-state index contributed by atoms with van der Waals surface area (Å²) >= 11 is 5.39. The first-order valence-corrected chi connectivity index (χ1v) is 18.2. The van der Waals surface area contributed by atoms with Crippen molar-refractivity contribution in [2.24, 2.45) is 0 Å². The Balaban J connectivity index is 0.000000952. The maximum atomic E-state index is 11.0. The van der Waals surface area contributed by atoms with Crippen LogP contribution in [0.1, 0.15) is 156 Å². The number of alkyl halides is 1. The number of carbonyl (C=O) groups excluding carboxylic acids is 1. The predicted octanol–water partition coefficient (Wildman–Crippen LogP) is 10.8. The fraction of sp³-hybridized carbons (Fsp3) is 0.968. The average molecular weight is 532 g/mol. The van der Waals surface area contributed by atoms with Crippen molar-refractivity contribution in [1.29, 1.82) is 0 Å². The second-order valence-electron chi connectivity index (χ2n) is 10.7. The van der Waals surface area contributed by atoms with Gasteiger partial charge in [-0.15, -0.1) is 19.5 Å². The number of hydrogen-bond acceptors (Lipinski definition) is 1. The lowest BCUT2D eigenvalue weighted by atomic mass is 10.1. The lowest BCUT2D eigenvalue weighted by Gasteiger charge is -2.25. The monoisotopic (exact) mass is 531 g/mol. The van der Waals surface area contributed by atoms with Crippen LogP contribution in [0.2, 0.25) is 0 Å². The first-order valence-electron chi connectivity index (χ1n) is 15.8. The molecule has 0 spiro atoms. The summed E-state index contributed by atoms with van der Waals surface area (Å²) in [4.78, 5) is 12.8. The van der Waals surface area contributed by atoms with Crippen molar-refractivity contribution in [1.82, 2.24) is 4.90 Å². The molecule has 0 aromatic rings. The average Bonchev–Trinajstić information content (AvgIpc) is 2.90. The number of rotatable bonds is 22. The maximum Gasteiger partial charge on any atom is 0.237 e. The molecule has 210 valence electrons. The Morgan fingerprint density at radius 1 is 0.571 bits per heavy atom. The van der Waals surface area contributed by atoms with Crippen LogP contribution in [0.5, 0.6) is 0 Å². The van der Waals surface area contributed by atoms with Crippen LogP contribution in [0.3, 0.4) is 0 Å². The van der Waals surface area contributed by atoms with E-state index in [1.54, 1.807) is 18.5 Å². The van der Waals surface area contributed by atoms with E-state index in [0.717, 1.165) is 25.9 Å². The molecule has 0 atom stereocenters. The van der Waals surface area contributed by atoms with Crippen LogP contribution in [0.15, 0.2) is 0 Å². The highest BCUT2D eigenvalue weighted by atomic mass is 35.5. The molecule has 1 aliphatic heterocycles. The van der Waals surface area contributed by atoms with Crippen molar-refractivity contribution in [3.05, 3.63) is 0 Å². The van der Waals surface area contributed by atoms with Gasteiger partial charge in [0.05, 0.1) is 0 Å². The minimum Gasteiger partial charge on any atom is -0.342 e. The molecule has 0 aromatic carbocycles. The molecular weight excluding hydrogens is 469 g/mol. The van der Waals surface area contributed by atoms with Crippen molar-refractivity contribution in [2.75, 3.05) is 37.5 Å². The number of unbranched alkanes of at least 4 members (excludes halogenated alkanes) is 15. The van der Waals surface area contributed by atoms with E-state index in [0.29, 0.717) is 7.92 Å². The van der Waals surface area contributed by atoms with E-state index in [9.17, 15) is 4.79 Å². The molecule has 0 saturated carbocycles. The molecule has 1 amide bonds. The van der Waals surface area contributed by atoms with E-state index in [-0.39, 0.29) is 11.8 Å². The highest BCUT2D eigenvalue weighted by Gasteiger charge is 2.14. The van der Waals surface area contributed by atoms with Crippen molar-refractivity contribution >= 4 is 25.4 Å². The lowest BCUT2D eigenvalue weighted by Crippen LogP contribution is -2.36. The minimum atomic E-state index is 0.0846. The zero-order valence-electron chi connectivity index (χ0n) is 24.3. The molecule has 0 aliphatic carbocycles. The van der Waals surface area contributed by atoms with Gasteiger partial charge >= 0.3 is 0 Å².